The number of hydrogen-bond acceptors (Lipinski definition) is 6. The number of rotatable bonds is 8. The fourth-order valence-corrected chi connectivity index (χ4v) is 2.77. The first kappa shape index (κ1) is 16.0. The minimum Gasteiger partial charge on any atom is -0.339 e. The second kappa shape index (κ2) is 8.10. The van der Waals surface area contributed by atoms with Gasteiger partial charge in [-0.2, -0.15) is 4.98 Å². The number of unbranched alkanes of at least 4 members (excludes halogenated alkanes) is 2. The molecule has 3 aromatic rings. The van der Waals surface area contributed by atoms with Crippen molar-refractivity contribution in [3.8, 4) is 11.4 Å². The van der Waals surface area contributed by atoms with Crippen LogP contribution < -0.4 is 9.86 Å². The molecule has 3 rings (SSSR count). The maximum Gasteiger partial charge on any atom is 0.226 e. The molecule has 0 saturated heterocycles. The first-order valence-electron chi connectivity index (χ1n) is 7.77. The number of aromatic nitrogens is 2. The highest BCUT2D eigenvalue weighted by Gasteiger charge is 2.09. The molecule has 0 fully saturated rings. The van der Waals surface area contributed by atoms with Crippen LogP contribution in [0, 0.1) is 0 Å². The lowest BCUT2D eigenvalue weighted by Gasteiger charge is -1.99. The Bertz CT molecular complexity index is 759. The van der Waals surface area contributed by atoms with Gasteiger partial charge in [0.25, 0.3) is 0 Å². The summed E-state index contributed by atoms with van der Waals surface area (Å²) in [6.07, 6.45) is 4.06. The van der Waals surface area contributed by atoms with E-state index in [1.54, 1.807) is 0 Å². The van der Waals surface area contributed by atoms with Crippen molar-refractivity contribution >= 4 is 22.9 Å². The standard InChI is InChI=1S/C17H20N4OS/c18-23-19-11-5-1-2-8-16-20-17(21-22-16)15-10-9-13-6-3-4-7-14(13)12-15/h3-4,6-7,9-10,12,19H,1-2,5,8,11,18H2. The summed E-state index contributed by atoms with van der Waals surface area (Å²) in [5.41, 5.74) is 0.989. The Labute approximate surface area is 139 Å². The Kier molecular flexibility index (Phi) is 5.63. The van der Waals surface area contributed by atoms with Crippen LogP contribution in [0.25, 0.3) is 22.2 Å². The summed E-state index contributed by atoms with van der Waals surface area (Å²) in [4.78, 5) is 4.50. The smallest absolute Gasteiger partial charge is 0.226 e. The van der Waals surface area contributed by atoms with Gasteiger partial charge in [-0.25, -0.2) is 0 Å². The molecule has 0 unspecified atom stereocenters. The van der Waals surface area contributed by atoms with Gasteiger partial charge < -0.3 is 4.52 Å². The van der Waals surface area contributed by atoms with Crippen molar-refractivity contribution in [1.29, 1.82) is 0 Å². The highest BCUT2D eigenvalue weighted by Crippen LogP contribution is 2.22. The summed E-state index contributed by atoms with van der Waals surface area (Å²) in [5.74, 6) is 1.36. The Balaban J connectivity index is 1.59. The molecule has 0 bridgehead atoms. The Morgan fingerprint density at radius 1 is 1.04 bits per heavy atom. The molecule has 1 heterocycles. The molecule has 0 saturated carbocycles. The van der Waals surface area contributed by atoms with Crippen LogP contribution in [0.1, 0.15) is 25.2 Å². The van der Waals surface area contributed by atoms with Gasteiger partial charge in [0.15, 0.2) is 0 Å². The monoisotopic (exact) mass is 328 g/mol. The van der Waals surface area contributed by atoms with Crippen molar-refractivity contribution in [2.24, 2.45) is 5.14 Å². The number of hydrogen-bond donors (Lipinski definition) is 2. The zero-order valence-electron chi connectivity index (χ0n) is 12.9. The Hall–Kier alpha value is -1.89. The lowest BCUT2D eigenvalue weighted by Crippen LogP contribution is -2.08. The molecular formula is C17H20N4OS. The molecule has 0 aliphatic carbocycles. The molecule has 23 heavy (non-hydrogen) atoms. The molecule has 120 valence electrons. The third-order valence-electron chi connectivity index (χ3n) is 3.73. The fraction of sp³-hybridized carbons (Fsp3) is 0.294. The van der Waals surface area contributed by atoms with Crippen LogP contribution in [0.3, 0.4) is 0 Å². The van der Waals surface area contributed by atoms with Gasteiger partial charge in [-0.3, -0.25) is 9.86 Å². The van der Waals surface area contributed by atoms with Crippen LogP contribution in [-0.4, -0.2) is 16.7 Å². The maximum absolute atomic E-state index is 5.36. The zero-order valence-corrected chi connectivity index (χ0v) is 13.7. The van der Waals surface area contributed by atoms with Crippen molar-refractivity contribution in [3.63, 3.8) is 0 Å². The van der Waals surface area contributed by atoms with E-state index in [4.69, 9.17) is 9.66 Å². The van der Waals surface area contributed by atoms with E-state index in [0.29, 0.717) is 11.7 Å². The summed E-state index contributed by atoms with van der Waals surface area (Å²) in [6, 6.07) is 14.5. The molecule has 3 N–H and O–H groups in total. The number of nitrogens with zero attached hydrogens (tertiary/aromatic N) is 2. The van der Waals surface area contributed by atoms with E-state index in [9.17, 15) is 0 Å². The minimum absolute atomic E-state index is 0.659. The molecule has 0 amide bonds. The van der Waals surface area contributed by atoms with E-state index in [-0.39, 0.29) is 0 Å². The summed E-state index contributed by atoms with van der Waals surface area (Å²) in [5, 5.41) is 11.8. The average Bonchev–Trinajstić information content (AvgIpc) is 3.06. The van der Waals surface area contributed by atoms with Gasteiger partial charge in [0, 0.05) is 30.7 Å². The quantitative estimate of drug-likeness (QED) is 0.485. The molecule has 0 aliphatic heterocycles. The molecule has 0 spiro atoms. The van der Waals surface area contributed by atoms with E-state index in [2.05, 4.69) is 39.1 Å². The van der Waals surface area contributed by atoms with E-state index in [0.717, 1.165) is 37.8 Å². The third kappa shape index (κ3) is 4.31. The van der Waals surface area contributed by atoms with Gasteiger partial charge in [-0.1, -0.05) is 48.0 Å². The summed E-state index contributed by atoms with van der Waals surface area (Å²) < 4.78 is 8.39. The minimum atomic E-state index is 0.659. The van der Waals surface area contributed by atoms with Gasteiger partial charge in [-0.15, -0.1) is 0 Å². The zero-order chi connectivity index (χ0) is 15.9. The van der Waals surface area contributed by atoms with Crippen molar-refractivity contribution in [3.05, 3.63) is 48.4 Å². The lowest BCUT2D eigenvalue weighted by atomic mass is 10.1. The van der Waals surface area contributed by atoms with Crippen LogP contribution >= 0.6 is 12.1 Å². The maximum atomic E-state index is 5.36. The third-order valence-corrected chi connectivity index (χ3v) is 4.10. The van der Waals surface area contributed by atoms with Crippen LogP contribution in [0.4, 0.5) is 0 Å². The summed E-state index contributed by atoms with van der Waals surface area (Å²) in [6.45, 7) is 0.924. The van der Waals surface area contributed by atoms with Crippen molar-refractivity contribution < 1.29 is 4.52 Å². The predicted octanol–water partition coefficient (Wildman–Crippen LogP) is 3.71. The predicted molar refractivity (Wildman–Crippen MR) is 94.6 cm³/mol. The van der Waals surface area contributed by atoms with Crippen LogP contribution in [-0.2, 0) is 6.42 Å². The molecule has 0 atom stereocenters. The summed E-state index contributed by atoms with van der Waals surface area (Å²) >= 11 is 1.17. The number of nitrogens with two attached hydrogens (primary N) is 1. The van der Waals surface area contributed by atoms with Crippen molar-refractivity contribution in [2.75, 3.05) is 6.54 Å². The van der Waals surface area contributed by atoms with Gasteiger partial charge in [-0.05, 0) is 29.7 Å². The molecule has 2 aromatic carbocycles. The van der Waals surface area contributed by atoms with Gasteiger partial charge in [0.1, 0.15) is 0 Å². The molecule has 1 aromatic heterocycles. The first-order chi connectivity index (χ1) is 11.4. The van der Waals surface area contributed by atoms with Gasteiger partial charge >= 0.3 is 0 Å². The second-order valence-corrected chi connectivity index (χ2v) is 5.92. The van der Waals surface area contributed by atoms with Crippen LogP contribution in [0.15, 0.2) is 47.0 Å². The Morgan fingerprint density at radius 3 is 2.78 bits per heavy atom. The largest absolute Gasteiger partial charge is 0.339 e. The fourth-order valence-electron chi connectivity index (χ4n) is 2.51. The van der Waals surface area contributed by atoms with Crippen LogP contribution in [0.5, 0.6) is 0 Å². The highest BCUT2D eigenvalue weighted by molar-refractivity contribution is 7.95. The van der Waals surface area contributed by atoms with Crippen LogP contribution in [0.2, 0.25) is 0 Å². The second-order valence-electron chi connectivity index (χ2n) is 5.40. The molecule has 6 heteroatoms. The number of benzene rings is 2. The van der Waals surface area contributed by atoms with Crippen molar-refractivity contribution in [2.45, 2.75) is 25.7 Å². The first-order valence-corrected chi connectivity index (χ1v) is 8.65. The van der Waals surface area contributed by atoms with E-state index < -0.39 is 0 Å². The van der Waals surface area contributed by atoms with Gasteiger partial charge in [0.05, 0.1) is 0 Å². The van der Waals surface area contributed by atoms with E-state index >= 15 is 0 Å². The normalized spacial score (nSPS) is 11.2. The van der Waals surface area contributed by atoms with E-state index in [1.807, 2.05) is 18.2 Å². The highest BCUT2D eigenvalue weighted by atomic mass is 32.2. The van der Waals surface area contributed by atoms with Crippen molar-refractivity contribution in [1.82, 2.24) is 14.9 Å². The van der Waals surface area contributed by atoms with Gasteiger partial charge in [0.2, 0.25) is 11.7 Å². The topological polar surface area (TPSA) is 77.0 Å². The Morgan fingerprint density at radius 2 is 1.91 bits per heavy atom. The molecule has 0 radical (unpaired) electrons. The molecule has 0 aliphatic rings. The lowest BCUT2D eigenvalue weighted by molar-refractivity contribution is 0.374. The number of fused-ring (bicyclic) bond motifs is 1. The average molecular weight is 328 g/mol. The number of nitrogens with one attached hydrogen (secondary N) is 1. The van der Waals surface area contributed by atoms with E-state index in [1.165, 1.54) is 22.9 Å². The summed E-state index contributed by atoms with van der Waals surface area (Å²) in [7, 11) is 0. The number of aryl methyl sites for hydroxylation is 1. The SMILES string of the molecule is NSNCCCCCc1nc(-c2ccc3ccccc3c2)no1. The molecular weight excluding hydrogens is 308 g/mol. The molecule has 5 nitrogen and oxygen atoms in total.